The Hall–Kier alpha value is -1.05. The van der Waals surface area contributed by atoms with E-state index in [1.165, 1.54) is 0 Å². The molecule has 0 aromatic carbocycles. The van der Waals surface area contributed by atoms with E-state index in [1.807, 2.05) is 0 Å². The molecule has 12 heteroatoms. The maximum Gasteiger partial charge on any atom is 0.343 e. The number of nitrogens with two attached hydrogens (primary N) is 1. The second-order valence-electron chi connectivity index (χ2n) is 6.42. The smallest absolute Gasteiger partial charge is 0.343 e. The number of hydrogen-bond acceptors (Lipinski definition) is 11. The van der Waals surface area contributed by atoms with Crippen molar-refractivity contribution in [2.75, 3.05) is 13.2 Å². The van der Waals surface area contributed by atoms with Crippen LogP contribution in [0, 0.1) is 0 Å². The fourth-order valence-corrected chi connectivity index (χ4v) is 2.86. The number of aliphatic hydroxyl groups excluding tert-OH is 4. The van der Waals surface area contributed by atoms with Gasteiger partial charge in [-0.2, -0.15) is 0 Å². The number of rotatable bonds is 7. The number of carbonyl (C=O) groups is 2. The van der Waals surface area contributed by atoms with Gasteiger partial charge in [0.1, 0.15) is 24.4 Å². The minimum absolute atomic E-state index is 0.0532. The van der Waals surface area contributed by atoms with Gasteiger partial charge in [-0.1, -0.05) is 18.5 Å². The molecule has 0 aromatic rings. The number of ether oxygens (including phenoxy) is 4. The largest absolute Gasteiger partial charge is 0.407 e. The predicted octanol–water partition coefficient (Wildman–Crippen LogP) is -2.32. The summed E-state index contributed by atoms with van der Waals surface area (Å²) in [5.74, 6) is -3.91. The topological polar surface area (TPSA) is 178 Å². The summed E-state index contributed by atoms with van der Waals surface area (Å²) in [5.41, 5.74) is 5.60. The van der Waals surface area contributed by atoms with Crippen LogP contribution in [0.25, 0.3) is 0 Å². The van der Waals surface area contributed by atoms with Crippen LogP contribution < -0.4 is 5.73 Å². The van der Waals surface area contributed by atoms with Crippen LogP contribution >= 0.6 is 11.6 Å². The number of alkyl halides is 1. The number of hydrogen-bond donors (Lipinski definition) is 5. The van der Waals surface area contributed by atoms with Crippen molar-refractivity contribution in [2.24, 2.45) is 5.73 Å². The van der Waals surface area contributed by atoms with Gasteiger partial charge in [0.05, 0.1) is 6.61 Å². The summed E-state index contributed by atoms with van der Waals surface area (Å²) in [4.78, 5) is 22.1. The fourth-order valence-electron chi connectivity index (χ4n) is 2.65. The Morgan fingerprint density at radius 3 is 2.26 bits per heavy atom. The SMILES string of the molecule is CCC1(N)OC(=O)C(Cl)(CCCOC2O[C@H](CO)[C@H](O)[C@H](O)[C@H]2O)C(=O)O1. The molecule has 0 amide bonds. The van der Waals surface area contributed by atoms with E-state index in [2.05, 4.69) is 0 Å². The van der Waals surface area contributed by atoms with Crippen molar-refractivity contribution < 1.29 is 49.0 Å². The molecule has 0 aromatic heterocycles. The summed E-state index contributed by atoms with van der Waals surface area (Å²) in [5, 5.41) is 38.4. The van der Waals surface area contributed by atoms with Gasteiger partial charge in [0.25, 0.3) is 0 Å². The Balaban J connectivity index is 1.87. The van der Waals surface area contributed by atoms with E-state index in [1.54, 1.807) is 6.92 Å². The first-order valence-electron chi connectivity index (χ1n) is 8.44. The lowest BCUT2D eigenvalue weighted by molar-refractivity contribution is -0.301. The monoisotopic (exact) mass is 413 g/mol. The van der Waals surface area contributed by atoms with E-state index >= 15 is 0 Å². The lowest BCUT2D eigenvalue weighted by atomic mass is 9.99. The molecule has 2 saturated heterocycles. The van der Waals surface area contributed by atoms with Crippen LogP contribution in [0.15, 0.2) is 0 Å². The standard InChI is InChI=1S/C15H24ClNO10/c1-2-15(17)26-12(22)14(16,13(23)27-15)4-3-5-24-11-10(21)9(20)8(19)7(6-18)25-11/h7-11,18-21H,2-6,17H2,1H3/t7-,8+,9+,10-,11?,14?,15?/m1/s1. The normalized spacial score (nSPS) is 42.6. The molecule has 0 radical (unpaired) electrons. The molecule has 2 aliphatic heterocycles. The van der Waals surface area contributed by atoms with Gasteiger partial charge in [-0.05, 0) is 12.8 Å². The van der Waals surface area contributed by atoms with Gasteiger partial charge in [0.2, 0.25) is 4.87 Å². The van der Waals surface area contributed by atoms with Crippen molar-refractivity contribution in [3.05, 3.63) is 0 Å². The first-order chi connectivity index (χ1) is 12.6. The second-order valence-corrected chi connectivity index (χ2v) is 7.06. The van der Waals surface area contributed by atoms with E-state index in [0.717, 1.165) is 0 Å². The quantitative estimate of drug-likeness (QED) is 0.131. The molecule has 27 heavy (non-hydrogen) atoms. The van der Waals surface area contributed by atoms with E-state index < -0.39 is 60.0 Å². The Morgan fingerprint density at radius 1 is 1.15 bits per heavy atom. The highest BCUT2D eigenvalue weighted by Crippen LogP contribution is 2.34. The Labute approximate surface area is 159 Å². The lowest BCUT2D eigenvalue weighted by Crippen LogP contribution is -2.61. The maximum atomic E-state index is 12.1. The number of halogens is 1. The molecular formula is C15H24ClNO10. The number of carbonyl (C=O) groups excluding carboxylic acids is 2. The van der Waals surface area contributed by atoms with Crippen molar-refractivity contribution in [1.82, 2.24) is 0 Å². The summed E-state index contributed by atoms with van der Waals surface area (Å²) < 4.78 is 20.2. The van der Waals surface area contributed by atoms with Gasteiger partial charge in [-0.15, -0.1) is 0 Å². The van der Waals surface area contributed by atoms with Crippen LogP contribution in [0.5, 0.6) is 0 Å². The molecule has 0 spiro atoms. The summed E-state index contributed by atoms with van der Waals surface area (Å²) >= 11 is 6.05. The average molecular weight is 414 g/mol. The van der Waals surface area contributed by atoms with Crippen LogP contribution in [-0.4, -0.2) is 87.1 Å². The third-order valence-corrected chi connectivity index (χ3v) is 4.96. The van der Waals surface area contributed by atoms with Crippen LogP contribution in [0.3, 0.4) is 0 Å². The number of aliphatic hydroxyl groups is 4. The second kappa shape index (κ2) is 8.53. The van der Waals surface area contributed by atoms with E-state index in [4.69, 9.17) is 41.4 Å². The van der Waals surface area contributed by atoms with Gasteiger partial charge in [-0.3, -0.25) is 5.73 Å². The number of cyclic esters (lactones) is 2. The third-order valence-electron chi connectivity index (χ3n) is 4.47. The number of esters is 2. The zero-order valence-corrected chi connectivity index (χ0v) is 15.4. The van der Waals surface area contributed by atoms with E-state index in [9.17, 15) is 24.9 Å². The molecule has 1 unspecified atom stereocenters. The first-order valence-corrected chi connectivity index (χ1v) is 8.82. The Kier molecular flexibility index (Phi) is 7.03. The van der Waals surface area contributed by atoms with Crippen molar-refractivity contribution in [3.8, 4) is 0 Å². The highest BCUT2D eigenvalue weighted by Gasteiger charge is 2.56. The fraction of sp³-hybridized carbons (Fsp3) is 0.867. The zero-order valence-electron chi connectivity index (χ0n) is 14.6. The molecule has 2 fully saturated rings. The van der Waals surface area contributed by atoms with E-state index in [0.29, 0.717) is 0 Å². The highest BCUT2D eigenvalue weighted by atomic mass is 35.5. The molecule has 0 aliphatic carbocycles. The van der Waals surface area contributed by atoms with Gasteiger partial charge in [0.15, 0.2) is 6.29 Å². The lowest BCUT2D eigenvalue weighted by Gasteiger charge is -2.40. The van der Waals surface area contributed by atoms with Crippen LogP contribution in [0.1, 0.15) is 26.2 Å². The molecule has 2 heterocycles. The summed E-state index contributed by atoms with van der Waals surface area (Å²) in [6, 6.07) is 0. The zero-order chi connectivity index (χ0) is 20.4. The molecule has 2 aliphatic rings. The molecule has 0 bridgehead atoms. The summed E-state index contributed by atoms with van der Waals surface area (Å²) in [6.07, 6.45) is -7.15. The van der Waals surface area contributed by atoms with Gasteiger partial charge < -0.3 is 39.4 Å². The van der Waals surface area contributed by atoms with Gasteiger partial charge in [0, 0.05) is 13.0 Å². The van der Waals surface area contributed by atoms with Crippen LogP contribution in [0.4, 0.5) is 0 Å². The molecule has 156 valence electrons. The molecule has 0 saturated carbocycles. The molecule has 11 nitrogen and oxygen atoms in total. The first kappa shape index (κ1) is 22.2. The van der Waals surface area contributed by atoms with Crippen molar-refractivity contribution in [1.29, 1.82) is 0 Å². The minimum Gasteiger partial charge on any atom is -0.407 e. The Bertz CT molecular complexity index is 541. The van der Waals surface area contributed by atoms with Crippen molar-refractivity contribution in [3.63, 3.8) is 0 Å². The highest BCUT2D eigenvalue weighted by molar-refractivity contribution is 6.45. The Morgan fingerprint density at radius 2 is 1.74 bits per heavy atom. The summed E-state index contributed by atoms with van der Waals surface area (Å²) in [6.45, 7) is 0.848. The van der Waals surface area contributed by atoms with E-state index in [-0.39, 0.29) is 25.9 Å². The van der Waals surface area contributed by atoms with Crippen molar-refractivity contribution in [2.45, 2.75) is 67.7 Å². The molecule has 5 atom stereocenters. The minimum atomic E-state index is -2.07. The third kappa shape index (κ3) is 4.51. The summed E-state index contributed by atoms with van der Waals surface area (Å²) in [7, 11) is 0. The molecular weight excluding hydrogens is 390 g/mol. The average Bonchev–Trinajstić information content (AvgIpc) is 2.63. The van der Waals surface area contributed by atoms with Crippen molar-refractivity contribution >= 4 is 23.5 Å². The van der Waals surface area contributed by atoms with Crippen LogP contribution in [-0.2, 0) is 28.5 Å². The molecule has 2 rings (SSSR count). The maximum absolute atomic E-state index is 12.1. The van der Waals surface area contributed by atoms with Crippen LogP contribution in [0.2, 0.25) is 0 Å². The van der Waals surface area contributed by atoms with Gasteiger partial charge >= 0.3 is 17.8 Å². The van der Waals surface area contributed by atoms with Gasteiger partial charge in [-0.25, -0.2) is 9.59 Å². The predicted molar refractivity (Wildman–Crippen MR) is 86.9 cm³/mol. The molecule has 6 N–H and O–H groups in total.